The molecule has 1 heterocycles. The highest BCUT2D eigenvalue weighted by atomic mass is 16.5. The lowest BCUT2D eigenvalue weighted by Gasteiger charge is -2.11. The Morgan fingerprint density at radius 1 is 1.08 bits per heavy atom. The van der Waals surface area contributed by atoms with E-state index in [4.69, 9.17) is 14.2 Å². The van der Waals surface area contributed by atoms with Crippen molar-refractivity contribution in [2.75, 3.05) is 20.3 Å². The SMILES string of the molecule is COc1ccc(Oc2ccc(C(=O)NCC3CCCO3)cc2)cc1. The second-order valence-corrected chi connectivity index (χ2v) is 5.65. The normalized spacial score (nSPS) is 16.6. The van der Waals surface area contributed by atoms with Gasteiger partial charge < -0.3 is 19.5 Å². The highest BCUT2D eigenvalue weighted by Crippen LogP contribution is 2.24. The first-order chi connectivity index (χ1) is 11.7. The zero-order chi connectivity index (χ0) is 16.8. The van der Waals surface area contributed by atoms with Gasteiger partial charge in [-0.2, -0.15) is 0 Å². The monoisotopic (exact) mass is 327 g/mol. The predicted molar refractivity (Wildman–Crippen MR) is 90.8 cm³/mol. The van der Waals surface area contributed by atoms with Gasteiger partial charge in [0.1, 0.15) is 17.2 Å². The van der Waals surface area contributed by atoms with E-state index in [0.717, 1.165) is 25.2 Å². The van der Waals surface area contributed by atoms with Crippen LogP contribution in [0.25, 0.3) is 0 Å². The molecule has 1 fully saturated rings. The van der Waals surface area contributed by atoms with E-state index in [1.54, 1.807) is 31.4 Å². The van der Waals surface area contributed by atoms with E-state index in [1.165, 1.54) is 0 Å². The quantitative estimate of drug-likeness (QED) is 0.883. The minimum atomic E-state index is -0.0958. The van der Waals surface area contributed by atoms with Crippen LogP contribution in [0.1, 0.15) is 23.2 Å². The van der Waals surface area contributed by atoms with Gasteiger partial charge >= 0.3 is 0 Å². The molecule has 1 amide bonds. The number of amides is 1. The molecule has 126 valence electrons. The lowest BCUT2D eigenvalue weighted by atomic mass is 10.2. The summed E-state index contributed by atoms with van der Waals surface area (Å²) in [6, 6.07) is 14.4. The third kappa shape index (κ3) is 4.26. The summed E-state index contributed by atoms with van der Waals surface area (Å²) in [5.74, 6) is 2.07. The fourth-order valence-electron chi connectivity index (χ4n) is 2.57. The third-order valence-corrected chi connectivity index (χ3v) is 3.93. The lowest BCUT2D eigenvalue weighted by Crippen LogP contribution is -2.31. The van der Waals surface area contributed by atoms with Crippen molar-refractivity contribution in [3.8, 4) is 17.2 Å². The standard InChI is InChI=1S/C19H21NO4/c1-22-15-8-10-17(11-9-15)24-16-6-4-14(5-7-16)19(21)20-13-18-3-2-12-23-18/h4-11,18H,2-3,12-13H2,1H3,(H,20,21). The van der Waals surface area contributed by atoms with Crippen LogP contribution >= 0.6 is 0 Å². The molecule has 0 saturated carbocycles. The van der Waals surface area contributed by atoms with Crippen molar-refractivity contribution in [3.63, 3.8) is 0 Å². The number of methoxy groups -OCH3 is 1. The van der Waals surface area contributed by atoms with E-state index in [-0.39, 0.29) is 12.0 Å². The zero-order valence-corrected chi connectivity index (χ0v) is 13.7. The van der Waals surface area contributed by atoms with Crippen molar-refractivity contribution in [3.05, 3.63) is 54.1 Å². The molecular formula is C19H21NO4. The van der Waals surface area contributed by atoms with Crippen LogP contribution in [-0.4, -0.2) is 32.3 Å². The van der Waals surface area contributed by atoms with Crippen LogP contribution in [0.2, 0.25) is 0 Å². The molecular weight excluding hydrogens is 306 g/mol. The van der Waals surface area contributed by atoms with Gasteiger partial charge in [-0.15, -0.1) is 0 Å². The average Bonchev–Trinajstić information content (AvgIpc) is 3.14. The smallest absolute Gasteiger partial charge is 0.251 e. The van der Waals surface area contributed by atoms with Crippen LogP contribution in [0.4, 0.5) is 0 Å². The predicted octanol–water partition coefficient (Wildman–Crippen LogP) is 3.40. The number of hydrogen-bond acceptors (Lipinski definition) is 4. The maximum atomic E-state index is 12.1. The Morgan fingerprint density at radius 3 is 2.29 bits per heavy atom. The third-order valence-electron chi connectivity index (χ3n) is 3.93. The van der Waals surface area contributed by atoms with Gasteiger partial charge in [0, 0.05) is 18.7 Å². The molecule has 2 aromatic rings. The Hall–Kier alpha value is -2.53. The molecule has 24 heavy (non-hydrogen) atoms. The molecule has 3 rings (SSSR count). The second kappa shape index (κ2) is 7.84. The molecule has 0 radical (unpaired) electrons. The van der Waals surface area contributed by atoms with E-state index in [2.05, 4.69) is 5.32 Å². The number of rotatable bonds is 6. The molecule has 1 aliphatic rings. The highest BCUT2D eigenvalue weighted by Gasteiger charge is 2.16. The van der Waals surface area contributed by atoms with Crippen molar-refractivity contribution in [1.82, 2.24) is 5.32 Å². The topological polar surface area (TPSA) is 56.8 Å². The van der Waals surface area contributed by atoms with E-state index in [0.29, 0.717) is 23.6 Å². The summed E-state index contributed by atoms with van der Waals surface area (Å²) in [7, 11) is 1.62. The van der Waals surface area contributed by atoms with Crippen molar-refractivity contribution >= 4 is 5.91 Å². The first kappa shape index (κ1) is 16.3. The summed E-state index contributed by atoms with van der Waals surface area (Å²) in [5.41, 5.74) is 0.607. The summed E-state index contributed by atoms with van der Waals surface area (Å²) < 4.78 is 16.4. The maximum Gasteiger partial charge on any atom is 0.251 e. The van der Waals surface area contributed by atoms with Gasteiger partial charge in [-0.25, -0.2) is 0 Å². The molecule has 1 saturated heterocycles. The Bertz CT molecular complexity index is 661. The Morgan fingerprint density at radius 2 is 1.71 bits per heavy atom. The van der Waals surface area contributed by atoms with Gasteiger partial charge in [0.15, 0.2) is 0 Å². The second-order valence-electron chi connectivity index (χ2n) is 5.65. The van der Waals surface area contributed by atoms with Gasteiger partial charge in [-0.1, -0.05) is 0 Å². The maximum absolute atomic E-state index is 12.1. The first-order valence-electron chi connectivity index (χ1n) is 8.06. The van der Waals surface area contributed by atoms with Crippen LogP contribution in [0.15, 0.2) is 48.5 Å². The van der Waals surface area contributed by atoms with E-state index in [1.807, 2.05) is 24.3 Å². The summed E-state index contributed by atoms with van der Waals surface area (Å²) in [5, 5.41) is 2.90. The molecule has 1 unspecified atom stereocenters. The van der Waals surface area contributed by atoms with Crippen LogP contribution in [0.5, 0.6) is 17.2 Å². The largest absolute Gasteiger partial charge is 0.497 e. The molecule has 1 aliphatic heterocycles. The zero-order valence-electron chi connectivity index (χ0n) is 13.7. The van der Waals surface area contributed by atoms with Crippen LogP contribution < -0.4 is 14.8 Å². The molecule has 1 atom stereocenters. The van der Waals surface area contributed by atoms with Crippen LogP contribution in [0, 0.1) is 0 Å². The number of benzene rings is 2. The van der Waals surface area contributed by atoms with Gasteiger partial charge in [0.2, 0.25) is 0 Å². The summed E-state index contributed by atoms with van der Waals surface area (Å²) in [6.45, 7) is 1.35. The van der Waals surface area contributed by atoms with Crippen LogP contribution in [-0.2, 0) is 4.74 Å². The molecule has 0 spiro atoms. The van der Waals surface area contributed by atoms with Crippen molar-refractivity contribution in [2.45, 2.75) is 18.9 Å². The van der Waals surface area contributed by atoms with Gasteiger partial charge in [-0.3, -0.25) is 4.79 Å². The fourth-order valence-corrected chi connectivity index (χ4v) is 2.57. The van der Waals surface area contributed by atoms with Crippen molar-refractivity contribution in [1.29, 1.82) is 0 Å². The van der Waals surface area contributed by atoms with Crippen molar-refractivity contribution < 1.29 is 19.0 Å². The molecule has 2 aromatic carbocycles. The van der Waals surface area contributed by atoms with Crippen LogP contribution in [0.3, 0.4) is 0 Å². The molecule has 1 N–H and O–H groups in total. The fraction of sp³-hybridized carbons (Fsp3) is 0.316. The summed E-state index contributed by atoms with van der Waals surface area (Å²) in [4.78, 5) is 12.1. The lowest BCUT2D eigenvalue weighted by molar-refractivity contribution is 0.0858. The number of carbonyl (C=O) groups excluding carboxylic acids is 1. The summed E-state index contributed by atoms with van der Waals surface area (Å²) in [6.07, 6.45) is 2.22. The number of nitrogens with one attached hydrogen (secondary N) is 1. The first-order valence-corrected chi connectivity index (χ1v) is 8.06. The average molecular weight is 327 g/mol. The summed E-state index contributed by atoms with van der Waals surface area (Å²) >= 11 is 0. The molecule has 0 aliphatic carbocycles. The van der Waals surface area contributed by atoms with E-state index in [9.17, 15) is 4.79 Å². The minimum Gasteiger partial charge on any atom is -0.497 e. The van der Waals surface area contributed by atoms with Gasteiger partial charge in [-0.05, 0) is 61.4 Å². The van der Waals surface area contributed by atoms with E-state index >= 15 is 0 Å². The number of ether oxygens (including phenoxy) is 3. The van der Waals surface area contributed by atoms with Crippen molar-refractivity contribution in [2.24, 2.45) is 0 Å². The Balaban J connectivity index is 1.54. The van der Waals surface area contributed by atoms with E-state index < -0.39 is 0 Å². The molecule has 5 nitrogen and oxygen atoms in total. The molecule has 5 heteroatoms. The minimum absolute atomic E-state index is 0.0958. The highest BCUT2D eigenvalue weighted by molar-refractivity contribution is 5.94. The molecule has 0 aromatic heterocycles. The Kier molecular flexibility index (Phi) is 5.33. The molecule has 0 bridgehead atoms. The van der Waals surface area contributed by atoms with Gasteiger partial charge in [0.25, 0.3) is 5.91 Å². The number of hydrogen-bond donors (Lipinski definition) is 1. The Labute approximate surface area is 141 Å². The number of carbonyl (C=O) groups is 1. The van der Waals surface area contributed by atoms with Gasteiger partial charge in [0.05, 0.1) is 13.2 Å².